The van der Waals surface area contributed by atoms with E-state index in [0.29, 0.717) is 29.5 Å². The molecule has 0 aliphatic carbocycles. The largest absolute Gasteiger partial charge is 0.461 e. The molecule has 2 aromatic heterocycles. The van der Waals surface area contributed by atoms with Crippen LogP contribution in [-0.4, -0.2) is 35.0 Å². The van der Waals surface area contributed by atoms with E-state index in [2.05, 4.69) is 28.2 Å². The summed E-state index contributed by atoms with van der Waals surface area (Å²) in [5.74, 6) is -0.519. The minimum Gasteiger partial charge on any atom is -0.461 e. The summed E-state index contributed by atoms with van der Waals surface area (Å²) in [6.07, 6.45) is 4.87. The summed E-state index contributed by atoms with van der Waals surface area (Å²) >= 11 is 3.04. The summed E-state index contributed by atoms with van der Waals surface area (Å²) in [4.78, 5) is 38.4. The smallest absolute Gasteiger partial charge is 0.358 e. The van der Waals surface area contributed by atoms with Crippen LogP contribution in [0.1, 0.15) is 83.8 Å². The van der Waals surface area contributed by atoms with Gasteiger partial charge in [0, 0.05) is 23.5 Å². The van der Waals surface area contributed by atoms with Crippen LogP contribution in [0.5, 0.6) is 0 Å². The van der Waals surface area contributed by atoms with E-state index < -0.39 is 0 Å². The number of aryl methyl sites for hydroxylation is 1. The second kappa shape index (κ2) is 13.7. The van der Waals surface area contributed by atoms with E-state index >= 15 is 0 Å². The number of ether oxygens (including phenoxy) is 1. The maximum atomic E-state index is 13.3. The normalized spacial score (nSPS) is 12.5. The molecule has 0 atom stereocenters. The van der Waals surface area contributed by atoms with Crippen LogP contribution in [0.25, 0.3) is 10.2 Å². The van der Waals surface area contributed by atoms with E-state index in [1.165, 1.54) is 16.9 Å². The van der Waals surface area contributed by atoms with Gasteiger partial charge in [-0.1, -0.05) is 69.2 Å². The zero-order valence-corrected chi connectivity index (χ0v) is 24.7. The predicted molar refractivity (Wildman–Crippen MR) is 161 cm³/mol. The number of hydrogen-bond donors (Lipinski definition) is 1. The summed E-state index contributed by atoms with van der Waals surface area (Å²) < 4.78 is 6.33. The molecule has 0 unspecified atom stereocenters. The summed E-state index contributed by atoms with van der Waals surface area (Å²) in [7, 11) is 0. The Hall–Kier alpha value is -3.30. The highest BCUT2D eigenvalue weighted by Crippen LogP contribution is 2.33. The molecular formula is C30H36N4O3S2. The number of benzene rings is 2. The Morgan fingerprint density at radius 1 is 1.03 bits per heavy atom. The number of esters is 1. The van der Waals surface area contributed by atoms with E-state index in [9.17, 15) is 9.59 Å². The van der Waals surface area contributed by atoms with E-state index in [1.54, 1.807) is 11.3 Å². The number of hydrogen-bond acceptors (Lipinski definition) is 8. The van der Waals surface area contributed by atoms with Gasteiger partial charge in [0.2, 0.25) is 0 Å². The molecule has 2 aromatic carbocycles. The number of thiazole rings is 2. The van der Waals surface area contributed by atoms with E-state index in [4.69, 9.17) is 9.72 Å². The fourth-order valence-electron chi connectivity index (χ4n) is 4.59. The molecule has 4 aromatic rings. The minimum absolute atomic E-state index is 0.163. The van der Waals surface area contributed by atoms with E-state index in [0.717, 1.165) is 64.4 Å². The van der Waals surface area contributed by atoms with Crippen molar-refractivity contribution >= 4 is 55.0 Å². The monoisotopic (exact) mass is 564 g/mol. The van der Waals surface area contributed by atoms with Crippen LogP contribution in [-0.2, 0) is 24.1 Å². The van der Waals surface area contributed by atoms with Crippen LogP contribution in [0.3, 0.4) is 0 Å². The first kappa shape index (κ1) is 28.7. The number of carbonyl (C=O) groups excluding carboxylic acids is 2. The van der Waals surface area contributed by atoms with Gasteiger partial charge in [-0.2, -0.15) is 0 Å². The van der Waals surface area contributed by atoms with Crippen LogP contribution >= 0.6 is 22.7 Å². The second-order valence-corrected chi connectivity index (χ2v) is 11.1. The lowest BCUT2D eigenvalue weighted by Gasteiger charge is -2.29. The van der Waals surface area contributed by atoms with Crippen LogP contribution in [0.2, 0.25) is 0 Å². The lowest BCUT2D eigenvalue weighted by atomic mass is 9.94. The van der Waals surface area contributed by atoms with Crippen LogP contribution in [0, 0.1) is 0 Å². The number of para-hydroxylation sites is 1. The molecule has 1 N–H and O–H groups in total. The number of nitrogens with zero attached hydrogens (tertiary/aromatic N) is 3. The van der Waals surface area contributed by atoms with E-state index in [-0.39, 0.29) is 11.9 Å². The number of aromatic nitrogens is 2. The van der Waals surface area contributed by atoms with Crippen molar-refractivity contribution in [1.29, 1.82) is 0 Å². The second-order valence-electron chi connectivity index (χ2n) is 9.00. The standard InChI is InChI=1S/C28H30N4O3S2.C2H6/c1-3-5-6-14-23-24(26(34)35-4-2)30-28(37-23)32-16-15-18-10-9-11-19(20(18)17-32)25(33)31-27-29-21-12-7-8-13-22(21)36-27;1-2/h7-13H,3-6,14-17H2,1-2H3,(H,29,31,33);1-2H3. The fraction of sp³-hybridized carbons (Fsp3) is 0.400. The number of fused-ring (bicyclic) bond motifs is 2. The molecule has 0 fully saturated rings. The van der Waals surface area contributed by atoms with Crippen LogP contribution < -0.4 is 10.2 Å². The van der Waals surface area contributed by atoms with Gasteiger partial charge in [0.15, 0.2) is 16.0 Å². The zero-order chi connectivity index (χ0) is 27.8. The van der Waals surface area contributed by atoms with Gasteiger partial charge in [0.1, 0.15) is 0 Å². The third-order valence-electron chi connectivity index (χ3n) is 6.46. The molecule has 5 rings (SSSR count). The zero-order valence-electron chi connectivity index (χ0n) is 23.1. The Kier molecular flexibility index (Phi) is 10.1. The van der Waals surface area contributed by atoms with Crippen molar-refractivity contribution in [3.05, 3.63) is 69.7 Å². The number of amides is 1. The molecule has 0 radical (unpaired) electrons. The molecule has 1 aliphatic rings. The molecule has 1 amide bonds. The molecule has 0 spiro atoms. The minimum atomic E-state index is -0.357. The third-order valence-corrected chi connectivity index (χ3v) is 8.59. The van der Waals surface area contributed by atoms with Crippen LogP contribution in [0.4, 0.5) is 10.3 Å². The molecule has 0 bridgehead atoms. The van der Waals surface area contributed by atoms with Gasteiger partial charge < -0.3 is 9.64 Å². The molecule has 7 nitrogen and oxygen atoms in total. The summed E-state index contributed by atoms with van der Waals surface area (Å²) in [6.45, 7) is 9.64. The first-order chi connectivity index (χ1) is 19.1. The Morgan fingerprint density at radius 2 is 1.85 bits per heavy atom. The number of carbonyl (C=O) groups is 2. The number of rotatable bonds is 9. The maximum absolute atomic E-state index is 13.3. The molecule has 206 valence electrons. The number of nitrogens with one attached hydrogen (secondary N) is 1. The van der Waals surface area contributed by atoms with Gasteiger partial charge in [-0.15, -0.1) is 11.3 Å². The Morgan fingerprint density at radius 3 is 2.62 bits per heavy atom. The summed E-state index contributed by atoms with van der Waals surface area (Å²) in [5, 5.41) is 4.40. The summed E-state index contributed by atoms with van der Waals surface area (Å²) in [6, 6.07) is 13.7. The third kappa shape index (κ3) is 6.65. The van der Waals surface area contributed by atoms with Crippen molar-refractivity contribution in [2.75, 3.05) is 23.4 Å². The molecule has 0 saturated heterocycles. The van der Waals surface area contributed by atoms with Gasteiger partial charge in [0.05, 0.1) is 16.8 Å². The van der Waals surface area contributed by atoms with Gasteiger partial charge in [-0.3, -0.25) is 10.1 Å². The van der Waals surface area contributed by atoms with Crippen molar-refractivity contribution in [2.24, 2.45) is 0 Å². The highest BCUT2D eigenvalue weighted by atomic mass is 32.1. The van der Waals surface area contributed by atoms with Crippen molar-refractivity contribution in [1.82, 2.24) is 9.97 Å². The first-order valence-electron chi connectivity index (χ1n) is 13.8. The highest BCUT2D eigenvalue weighted by Gasteiger charge is 2.27. The Balaban J connectivity index is 0.00000172. The topological polar surface area (TPSA) is 84.4 Å². The first-order valence-corrected chi connectivity index (χ1v) is 15.4. The van der Waals surface area contributed by atoms with E-state index in [1.807, 2.05) is 57.2 Å². The predicted octanol–water partition coefficient (Wildman–Crippen LogP) is 7.50. The molecule has 0 saturated carbocycles. The molecule has 9 heteroatoms. The average molecular weight is 565 g/mol. The molecule has 1 aliphatic heterocycles. The number of anilines is 2. The van der Waals surface area contributed by atoms with Gasteiger partial charge in [-0.05, 0) is 55.5 Å². The fourth-order valence-corrected chi connectivity index (χ4v) is 6.56. The molecular weight excluding hydrogens is 528 g/mol. The lowest BCUT2D eigenvalue weighted by Crippen LogP contribution is -2.32. The quantitative estimate of drug-likeness (QED) is 0.167. The maximum Gasteiger partial charge on any atom is 0.358 e. The van der Waals surface area contributed by atoms with Gasteiger partial charge in [0.25, 0.3) is 5.91 Å². The van der Waals surface area contributed by atoms with Crippen LogP contribution in [0.15, 0.2) is 42.5 Å². The van der Waals surface area contributed by atoms with Crippen molar-refractivity contribution in [3.63, 3.8) is 0 Å². The van der Waals surface area contributed by atoms with Crippen molar-refractivity contribution in [2.45, 2.75) is 66.3 Å². The van der Waals surface area contributed by atoms with Crippen molar-refractivity contribution in [3.8, 4) is 0 Å². The Labute approximate surface area is 238 Å². The lowest BCUT2D eigenvalue weighted by molar-refractivity contribution is 0.0519. The molecule has 39 heavy (non-hydrogen) atoms. The highest BCUT2D eigenvalue weighted by molar-refractivity contribution is 7.22. The average Bonchev–Trinajstić information content (AvgIpc) is 3.58. The SMILES string of the molecule is CC.CCCCCc1sc(N2CCc3cccc(C(=O)Nc4nc5ccccc5s4)c3C2)nc1C(=O)OCC. The Bertz CT molecular complexity index is 1400. The van der Waals surface area contributed by atoms with Crippen molar-refractivity contribution < 1.29 is 14.3 Å². The van der Waals surface area contributed by atoms with Gasteiger partial charge >= 0.3 is 5.97 Å². The summed E-state index contributed by atoms with van der Waals surface area (Å²) in [5.41, 5.74) is 4.11. The molecule has 3 heterocycles. The van der Waals surface area contributed by atoms with Gasteiger partial charge in [-0.25, -0.2) is 14.8 Å². The number of unbranched alkanes of at least 4 members (excludes halogenated alkanes) is 2.